The van der Waals surface area contributed by atoms with Gasteiger partial charge in [-0.25, -0.2) is 4.98 Å². The molecule has 1 aliphatic rings. The summed E-state index contributed by atoms with van der Waals surface area (Å²) in [6, 6.07) is 11.0. The third-order valence-corrected chi connectivity index (χ3v) is 4.77. The van der Waals surface area contributed by atoms with Crippen LogP contribution in [0.5, 0.6) is 0 Å². The number of rotatable bonds is 5. The van der Waals surface area contributed by atoms with E-state index in [2.05, 4.69) is 60.4 Å². The van der Waals surface area contributed by atoms with Crippen molar-refractivity contribution in [3.05, 3.63) is 42.2 Å². The number of para-hydroxylation sites is 1. The lowest BCUT2D eigenvalue weighted by Crippen LogP contribution is -2.44. The van der Waals surface area contributed by atoms with Gasteiger partial charge in [0.1, 0.15) is 0 Å². The van der Waals surface area contributed by atoms with E-state index >= 15 is 0 Å². The van der Waals surface area contributed by atoms with Gasteiger partial charge in [0.25, 0.3) is 0 Å². The molecule has 7 nitrogen and oxygen atoms in total. The third-order valence-electron chi connectivity index (χ3n) is 4.77. The number of guanidine groups is 1. The Morgan fingerprint density at radius 3 is 2.73 bits per heavy atom. The van der Waals surface area contributed by atoms with E-state index < -0.39 is 0 Å². The molecule has 1 aromatic heterocycles. The molecular weight excluding hydrogens is 326 g/mol. The molecule has 1 fully saturated rings. The van der Waals surface area contributed by atoms with Crippen molar-refractivity contribution in [2.45, 2.75) is 19.0 Å². The standard InChI is InChI=1S/C19H29N7/c1-20-18(21-12-17-13-22-19(24(2)3)25(17)4)23-15-10-11-26(14-15)16-8-6-5-7-9-16/h5-9,13,15H,10-12,14H2,1-4H3,(H2,20,21,23). The summed E-state index contributed by atoms with van der Waals surface area (Å²) in [7, 11) is 7.84. The average Bonchev–Trinajstić information content (AvgIpc) is 3.26. The van der Waals surface area contributed by atoms with Gasteiger partial charge >= 0.3 is 0 Å². The van der Waals surface area contributed by atoms with Crippen LogP contribution in [0.15, 0.2) is 41.5 Å². The monoisotopic (exact) mass is 355 g/mol. The Labute approximate surface area is 155 Å². The van der Waals surface area contributed by atoms with Gasteiger partial charge in [-0.2, -0.15) is 0 Å². The zero-order chi connectivity index (χ0) is 18.5. The number of benzene rings is 1. The first kappa shape index (κ1) is 18.1. The maximum Gasteiger partial charge on any atom is 0.204 e. The molecule has 0 spiro atoms. The minimum absolute atomic E-state index is 0.394. The van der Waals surface area contributed by atoms with Gasteiger partial charge in [0, 0.05) is 53.0 Å². The van der Waals surface area contributed by atoms with Crippen molar-refractivity contribution in [2.24, 2.45) is 12.0 Å². The van der Waals surface area contributed by atoms with Gasteiger partial charge in [-0.05, 0) is 18.6 Å². The summed E-state index contributed by atoms with van der Waals surface area (Å²) < 4.78 is 2.09. The normalized spacial score (nSPS) is 17.5. The van der Waals surface area contributed by atoms with Gasteiger partial charge < -0.3 is 25.0 Å². The first-order valence-corrected chi connectivity index (χ1v) is 9.03. The molecule has 0 amide bonds. The highest BCUT2D eigenvalue weighted by Gasteiger charge is 2.23. The third kappa shape index (κ3) is 4.09. The minimum atomic E-state index is 0.394. The lowest BCUT2D eigenvalue weighted by Gasteiger charge is -2.20. The summed E-state index contributed by atoms with van der Waals surface area (Å²) in [5.41, 5.74) is 2.40. The molecule has 3 rings (SSSR count). The molecule has 140 valence electrons. The Kier molecular flexibility index (Phi) is 5.65. The van der Waals surface area contributed by atoms with Crippen molar-refractivity contribution in [1.82, 2.24) is 20.2 Å². The zero-order valence-corrected chi connectivity index (χ0v) is 16.1. The van der Waals surface area contributed by atoms with Crippen molar-refractivity contribution < 1.29 is 0 Å². The van der Waals surface area contributed by atoms with Crippen LogP contribution >= 0.6 is 0 Å². The topological polar surface area (TPSA) is 60.7 Å². The van der Waals surface area contributed by atoms with Crippen LogP contribution in [-0.4, -0.2) is 55.8 Å². The molecule has 1 unspecified atom stereocenters. The fourth-order valence-corrected chi connectivity index (χ4v) is 3.33. The lowest BCUT2D eigenvalue weighted by atomic mass is 10.3. The second-order valence-electron chi connectivity index (χ2n) is 6.84. The van der Waals surface area contributed by atoms with Gasteiger partial charge in [-0.3, -0.25) is 4.99 Å². The van der Waals surface area contributed by atoms with Crippen molar-refractivity contribution in [3.63, 3.8) is 0 Å². The van der Waals surface area contributed by atoms with Gasteiger partial charge in [0.2, 0.25) is 5.95 Å². The van der Waals surface area contributed by atoms with Crippen LogP contribution in [0.2, 0.25) is 0 Å². The Morgan fingerprint density at radius 1 is 1.31 bits per heavy atom. The lowest BCUT2D eigenvalue weighted by molar-refractivity contribution is 0.644. The fraction of sp³-hybridized carbons (Fsp3) is 0.474. The number of imidazole rings is 1. The minimum Gasteiger partial charge on any atom is -0.369 e. The molecule has 2 aromatic rings. The molecule has 0 saturated carbocycles. The number of nitrogens with one attached hydrogen (secondary N) is 2. The van der Waals surface area contributed by atoms with E-state index in [1.807, 2.05) is 39.3 Å². The van der Waals surface area contributed by atoms with E-state index in [-0.39, 0.29) is 0 Å². The summed E-state index contributed by atoms with van der Waals surface area (Å²) in [6.45, 7) is 2.74. The average molecular weight is 355 g/mol. The van der Waals surface area contributed by atoms with E-state index in [9.17, 15) is 0 Å². The Hall–Kier alpha value is -2.70. The summed E-state index contributed by atoms with van der Waals surface area (Å²) in [6.07, 6.45) is 3.01. The predicted octanol–water partition coefficient (Wildman–Crippen LogP) is 1.43. The molecule has 0 aliphatic carbocycles. The first-order chi connectivity index (χ1) is 12.6. The second kappa shape index (κ2) is 8.12. The molecule has 2 heterocycles. The van der Waals surface area contributed by atoms with Crippen molar-refractivity contribution in [1.29, 1.82) is 0 Å². The smallest absolute Gasteiger partial charge is 0.204 e. The Morgan fingerprint density at radius 2 is 2.08 bits per heavy atom. The molecule has 26 heavy (non-hydrogen) atoms. The maximum absolute atomic E-state index is 4.45. The molecule has 1 atom stereocenters. The van der Waals surface area contributed by atoms with Gasteiger partial charge in [-0.1, -0.05) is 18.2 Å². The summed E-state index contributed by atoms with van der Waals surface area (Å²) in [5, 5.41) is 6.94. The number of hydrogen-bond acceptors (Lipinski definition) is 4. The molecule has 0 bridgehead atoms. The van der Waals surface area contributed by atoms with Crippen molar-refractivity contribution >= 4 is 17.6 Å². The SMILES string of the molecule is CN=C(NCc1cnc(N(C)C)n1C)NC1CCN(c2ccccc2)C1. The largest absolute Gasteiger partial charge is 0.369 e. The molecule has 1 aromatic carbocycles. The molecular formula is C19H29N7. The molecule has 7 heteroatoms. The molecule has 2 N–H and O–H groups in total. The summed E-state index contributed by atoms with van der Waals surface area (Å²) in [4.78, 5) is 13.2. The van der Waals surface area contributed by atoms with Crippen molar-refractivity contribution in [3.8, 4) is 0 Å². The number of hydrogen-bond donors (Lipinski definition) is 2. The highest BCUT2D eigenvalue weighted by molar-refractivity contribution is 5.80. The van der Waals surface area contributed by atoms with Crippen LogP contribution in [0.3, 0.4) is 0 Å². The summed E-state index contributed by atoms with van der Waals surface area (Å²) in [5.74, 6) is 1.77. The summed E-state index contributed by atoms with van der Waals surface area (Å²) >= 11 is 0. The van der Waals surface area contributed by atoms with Crippen molar-refractivity contribution in [2.75, 3.05) is 44.0 Å². The first-order valence-electron chi connectivity index (χ1n) is 9.03. The quantitative estimate of drug-likeness (QED) is 0.628. The number of aliphatic imine (C=N–C) groups is 1. The predicted molar refractivity (Wildman–Crippen MR) is 108 cm³/mol. The van der Waals surface area contributed by atoms with Crippen LogP contribution in [0.1, 0.15) is 12.1 Å². The number of anilines is 2. The Balaban J connectivity index is 1.53. The zero-order valence-electron chi connectivity index (χ0n) is 16.1. The van der Waals surface area contributed by atoms with Gasteiger partial charge in [0.15, 0.2) is 5.96 Å². The highest BCUT2D eigenvalue weighted by atomic mass is 15.3. The van der Waals surface area contributed by atoms with E-state index in [4.69, 9.17) is 0 Å². The number of nitrogens with zero attached hydrogens (tertiary/aromatic N) is 5. The fourth-order valence-electron chi connectivity index (χ4n) is 3.33. The van der Waals surface area contributed by atoms with Crippen LogP contribution < -0.4 is 20.4 Å². The van der Waals surface area contributed by atoms with Gasteiger partial charge in [0.05, 0.1) is 18.4 Å². The van der Waals surface area contributed by atoms with E-state index in [0.29, 0.717) is 12.6 Å². The van der Waals surface area contributed by atoms with Crippen LogP contribution in [0.4, 0.5) is 11.6 Å². The van der Waals surface area contributed by atoms with E-state index in [1.54, 1.807) is 0 Å². The van der Waals surface area contributed by atoms with Crippen LogP contribution in [0, 0.1) is 0 Å². The number of aromatic nitrogens is 2. The molecule has 0 radical (unpaired) electrons. The van der Waals surface area contributed by atoms with E-state index in [0.717, 1.165) is 37.1 Å². The Bertz CT molecular complexity index is 736. The molecule has 1 aliphatic heterocycles. The van der Waals surface area contributed by atoms with Crippen LogP contribution in [-0.2, 0) is 13.6 Å². The second-order valence-corrected chi connectivity index (χ2v) is 6.84. The maximum atomic E-state index is 4.45. The van der Waals surface area contributed by atoms with Gasteiger partial charge in [-0.15, -0.1) is 0 Å². The highest BCUT2D eigenvalue weighted by Crippen LogP contribution is 2.19. The van der Waals surface area contributed by atoms with E-state index in [1.165, 1.54) is 5.69 Å². The molecule has 1 saturated heterocycles. The van der Waals surface area contributed by atoms with Crippen LogP contribution in [0.25, 0.3) is 0 Å².